The Labute approximate surface area is 97.4 Å². The normalized spacial score (nSPS) is 37.3. The van der Waals surface area contributed by atoms with E-state index in [2.05, 4.69) is 4.90 Å². The highest BCUT2D eigenvalue weighted by atomic mass is 16.5. The van der Waals surface area contributed by atoms with Crippen LogP contribution in [0.15, 0.2) is 0 Å². The minimum absolute atomic E-state index is 0.0938. The summed E-state index contributed by atoms with van der Waals surface area (Å²) < 4.78 is 0. The number of hydrogen-bond donors (Lipinski definition) is 2. The van der Waals surface area contributed by atoms with Gasteiger partial charge in [0.05, 0.1) is 5.54 Å². The van der Waals surface area contributed by atoms with Crippen molar-refractivity contribution in [1.29, 1.82) is 0 Å². The van der Waals surface area contributed by atoms with E-state index >= 15 is 0 Å². The minimum Gasteiger partial charge on any atom is -0.364 e. The molecular formula is C13H23NO2. The summed E-state index contributed by atoms with van der Waals surface area (Å²) in [5, 5.41) is 21.3. The summed E-state index contributed by atoms with van der Waals surface area (Å²) in [4.78, 5) is 2.38. The number of nitrogens with zero attached hydrogens (tertiary/aromatic N) is 1. The van der Waals surface area contributed by atoms with Crippen LogP contribution in [0.5, 0.6) is 0 Å². The number of rotatable bonds is 2. The average Bonchev–Trinajstić information content (AvgIpc) is 2.75. The van der Waals surface area contributed by atoms with Gasteiger partial charge in [0.15, 0.2) is 5.79 Å². The van der Waals surface area contributed by atoms with Crippen molar-refractivity contribution in [3.05, 3.63) is 0 Å². The van der Waals surface area contributed by atoms with Crippen LogP contribution in [0.1, 0.15) is 46.0 Å². The second-order valence-corrected chi connectivity index (χ2v) is 6.36. The summed E-state index contributed by atoms with van der Waals surface area (Å²) in [7, 11) is 0. The van der Waals surface area contributed by atoms with Gasteiger partial charge >= 0.3 is 0 Å². The van der Waals surface area contributed by atoms with Crippen molar-refractivity contribution in [3.8, 4) is 0 Å². The van der Waals surface area contributed by atoms with E-state index in [-0.39, 0.29) is 16.9 Å². The lowest BCUT2D eigenvalue weighted by Crippen LogP contribution is -2.65. The van der Waals surface area contributed by atoms with Crippen LogP contribution < -0.4 is 0 Å². The van der Waals surface area contributed by atoms with E-state index in [9.17, 15) is 10.2 Å². The van der Waals surface area contributed by atoms with E-state index in [1.54, 1.807) is 0 Å². The smallest absolute Gasteiger partial charge is 0.184 e. The lowest BCUT2D eigenvalue weighted by Gasteiger charge is -2.49. The van der Waals surface area contributed by atoms with Crippen molar-refractivity contribution in [3.63, 3.8) is 0 Å². The van der Waals surface area contributed by atoms with Gasteiger partial charge in [0.1, 0.15) is 0 Å². The van der Waals surface area contributed by atoms with Crippen molar-refractivity contribution in [2.24, 2.45) is 11.3 Å². The summed E-state index contributed by atoms with van der Waals surface area (Å²) in [6.45, 7) is 5.98. The van der Waals surface area contributed by atoms with Crippen LogP contribution in [-0.4, -0.2) is 39.5 Å². The van der Waals surface area contributed by atoms with Crippen LogP contribution >= 0.6 is 0 Å². The first-order valence-corrected chi connectivity index (χ1v) is 6.66. The fourth-order valence-electron chi connectivity index (χ4n) is 4.43. The molecule has 0 aromatic rings. The SMILES string of the molecule is CC(C)C(O)(O)C12CCCN1CCC21CC1. The molecule has 2 N–H and O–H groups in total. The van der Waals surface area contributed by atoms with Crippen LogP contribution in [0.3, 0.4) is 0 Å². The molecule has 1 saturated carbocycles. The first-order valence-electron chi connectivity index (χ1n) is 6.66. The third-order valence-corrected chi connectivity index (χ3v) is 5.51. The summed E-state index contributed by atoms with van der Waals surface area (Å²) in [6, 6.07) is 0. The van der Waals surface area contributed by atoms with Crippen LogP contribution in [0, 0.1) is 11.3 Å². The summed E-state index contributed by atoms with van der Waals surface area (Å²) in [6.07, 6.45) is 5.65. The molecule has 0 radical (unpaired) electrons. The maximum Gasteiger partial charge on any atom is 0.184 e. The number of aliphatic hydroxyl groups is 2. The fourth-order valence-corrected chi connectivity index (χ4v) is 4.43. The highest BCUT2D eigenvalue weighted by Crippen LogP contribution is 2.69. The maximum atomic E-state index is 10.6. The van der Waals surface area contributed by atoms with E-state index in [0.29, 0.717) is 0 Å². The van der Waals surface area contributed by atoms with Crippen molar-refractivity contribution >= 4 is 0 Å². The van der Waals surface area contributed by atoms with Crippen molar-refractivity contribution in [1.82, 2.24) is 4.90 Å². The highest BCUT2D eigenvalue weighted by molar-refractivity contribution is 5.24. The summed E-state index contributed by atoms with van der Waals surface area (Å²) in [5.74, 6) is -1.61. The van der Waals surface area contributed by atoms with Crippen LogP contribution in [0.4, 0.5) is 0 Å². The molecule has 2 saturated heterocycles. The Balaban J connectivity index is 2.06. The monoisotopic (exact) mass is 225 g/mol. The number of fused-ring (bicyclic) bond motifs is 2. The lowest BCUT2D eigenvalue weighted by atomic mass is 9.70. The van der Waals surface area contributed by atoms with Gasteiger partial charge in [-0.1, -0.05) is 13.8 Å². The summed E-state index contributed by atoms with van der Waals surface area (Å²) in [5.41, 5.74) is -0.0918. The van der Waals surface area contributed by atoms with Gasteiger partial charge in [-0.05, 0) is 50.6 Å². The van der Waals surface area contributed by atoms with E-state index < -0.39 is 5.79 Å². The molecule has 1 atom stereocenters. The molecule has 0 aromatic heterocycles. The molecule has 1 spiro atoms. The third kappa shape index (κ3) is 1.00. The quantitative estimate of drug-likeness (QED) is 0.697. The van der Waals surface area contributed by atoms with Crippen LogP contribution in [0.25, 0.3) is 0 Å². The first-order chi connectivity index (χ1) is 7.46. The number of hydrogen-bond acceptors (Lipinski definition) is 3. The standard InChI is InChI=1S/C13H23NO2/c1-10(2)13(15,16)12-4-3-8-14(12)9-7-11(12)5-6-11/h10,15-16H,3-9H2,1-2H3. The van der Waals surface area contributed by atoms with Gasteiger partial charge in [0, 0.05) is 5.92 Å². The topological polar surface area (TPSA) is 43.7 Å². The molecule has 0 bridgehead atoms. The van der Waals surface area contributed by atoms with Gasteiger partial charge in [0.2, 0.25) is 0 Å². The molecule has 0 aromatic carbocycles. The zero-order valence-electron chi connectivity index (χ0n) is 10.4. The second-order valence-electron chi connectivity index (χ2n) is 6.36. The average molecular weight is 225 g/mol. The minimum atomic E-state index is -1.52. The second kappa shape index (κ2) is 3.01. The Morgan fingerprint density at radius 3 is 2.31 bits per heavy atom. The maximum absolute atomic E-state index is 10.6. The van der Waals surface area contributed by atoms with Crippen molar-refractivity contribution < 1.29 is 10.2 Å². The molecule has 3 aliphatic rings. The zero-order valence-corrected chi connectivity index (χ0v) is 10.4. The van der Waals surface area contributed by atoms with Crippen molar-refractivity contribution in [2.75, 3.05) is 13.1 Å². The Morgan fingerprint density at radius 1 is 1.06 bits per heavy atom. The van der Waals surface area contributed by atoms with Crippen LogP contribution in [0.2, 0.25) is 0 Å². The Morgan fingerprint density at radius 2 is 1.75 bits per heavy atom. The Hall–Kier alpha value is -0.120. The van der Waals surface area contributed by atoms with Gasteiger partial charge in [-0.2, -0.15) is 0 Å². The van der Waals surface area contributed by atoms with Gasteiger partial charge in [-0.25, -0.2) is 0 Å². The molecule has 2 aliphatic heterocycles. The fraction of sp³-hybridized carbons (Fsp3) is 1.00. The summed E-state index contributed by atoms with van der Waals surface area (Å²) >= 11 is 0. The molecule has 1 unspecified atom stereocenters. The molecule has 16 heavy (non-hydrogen) atoms. The third-order valence-electron chi connectivity index (χ3n) is 5.51. The molecule has 1 aliphatic carbocycles. The van der Waals surface area contributed by atoms with Crippen LogP contribution in [-0.2, 0) is 0 Å². The van der Waals surface area contributed by atoms with E-state index in [1.807, 2.05) is 13.8 Å². The zero-order chi connectivity index (χ0) is 11.6. The molecule has 0 amide bonds. The molecule has 2 heterocycles. The first kappa shape index (κ1) is 11.0. The molecule has 3 nitrogen and oxygen atoms in total. The lowest BCUT2D eigenvalue weighted by molar-refractivity contribution is -0.274. The molecule has 3 fully saturated rings. The van der Waals surface area contributed by atoms with Gasteiger partial charge in [-0.3, -0.25) is 4.90 Å². The molecule has 3 rings (SSSR count). The molecular weight excluding hydrogens is 202 g/mol. The predicted octanol–water partition coefficient (Wildman–Crippen LogP) is 1.34. The van der Waals surface area contributed by atoms with Gasteiger partial charge in [-0.15, -0.1) is 0 Å². The predicted molar refractivity (Wildman–Crippen MR) is 61.8 cm³/mol. The molecule has 3 heteroatoms. The Kier molecular flexibility index (Phi) is 2.07. The van der Waals surface area contributed by atoms with Crippen molar-refractivity contribution in [2.45, 2.75) is 57.3 Å². The Bertz CT molecular complexity index is 309. The van der Waals surface area contributed by atoms with Gasteiger partial charge in [0.25, 0.3) is 0 Å². The van der Waals surface area contributed by atoms with E-state index in [1.165, 1.54) is 19.3 Å². The van der Waals surface area contributed by atoms with E-state index in [4.69, 9.17) is 0 Å². The van der Waals surface area contributed by atoms with E-state index in [0.717, 1.165) is 25.9 Å². The highest BCUT2D eigenvalue weighted by Gasteiger charge is 2.74. The largest absolute Gasteiger partial charge is 0.364 e. The van der Waals surface area contributed by atoms with Gasteiger partial charge < -0.3 is 10.2 Å². The molecule has 92 valence electrons.